The van der Waals surface area contributed by atoms with Gasteiger partial charge in [-0.3, -0.25) is 19.5 Å². The summed E-state index contributed by atoms with van der Waals surface area (Å²) in [5, 5.41) is 10.1. The number of rotatable bonds is 6. The van der Waals surface area contributed by atoms with Crippen LogP contribution in [0.1, 0.15) is 34.2 Å². The highest BCUT2D eigenvalue weighted by atomic mass is 32.2. The molecule has 1 atom stereocenters. The molecule has 1 aromatic carbocycles. The third-order valence-corrected chi connectivity index (χ3v) is 8.19. The number of aryl methyl sites for hydroxylation is 1. The Bertz CT molecular complexity index is 1650. The van der Waals surface area contributed by atoms with E-state index in [1.807, 2.05) is 43.4 Å². The number of carbonyl (C=O) groups excluding carboxylic acids is 2. The lowest BCUT2D eigenvalue weighted by atomic mass is 10.0. The van der Waals surface area contributed by atoms with E-state index in [-0.39, 0.29) is 22.9 Å². The highest BCUT2D eigenvalue weighted by molar-refractivity contribution is 7.90. The van der Waals surface area contributed by atoms with Crippen LogP contribution in [0, 0.1) is 6.92 Å². The van der Waals surface area contributed by atoms with Gasteiger partial charge in [-0.05, 0) is 61.9 Å². The van der Waals surface area contributed by atoms with Gasteiger partial charge in [0.15, 0.2) is 9.84 Å². The first-order valence-electron chi connectivity index (χ1n) is 12.6. The number of allylic oxidation sites excluding steroid dienone is 2. The van der Waals surface area contributed by atoms with Gasteiger partial charge < -0.3 is 16.0 Å². The molecule has 1 fully saturated rings. The molecule has 1 saturated heterocycles. The van der Waals surface area contributed by atoms with E-state index in [1.165, 1.54) is 6.07 Å². The van der Waals surface area contributed by atoms with Crippen LogP contribution in [0.25, 0.3) is 16.6 Å². The average Bonchev–Trinajstić information content (AvgIpc) is 2.91. The fraction of sp³-hybridized carbons (Fsp3) is 0.286. The molecule has 2 aliphatic heterocycles. The molecule has 3 aromatic rings. The van der Waals surface area contributed by atoms with Crippen molar-refractivity contribution in [3.8, 4) is 0 Å². The number of carbonyl (C=O) groups is 2. The summed E-state index contributed by atoms with van der Waals surface area (Å²) in [6, 6.07) is 10.3. The lowest BCUT2D eigenvalue weighted by molar-refractivity contribution is -0.125. The average molecular weight is 547 g/mol. The van der Waals surface area contributed by atoms with E-state index in [4.69, 9.17) is 4.98 Å². The van der Waals surface area contributed by atoms with Crippen LogP contribution < -0.4 is 16.0 Å². The molecule has 1 unspecified atom stereocenters. The van der Waals surface area contributed by atoms with Gasteiger partial charge in [0, 0.05) is 36.5 Å². The monoisotopic (exact) mass is 546 g/mol. The van der Waals surface area contributed by atoms with Crippen LogP contribution in [0.3, 0.4) is 0 Å². The van der Waals surface area contributed by atoms with Crippen molar-refractivity contribution in [2.75, 3.05) is 25.9 Å². The molecule has 2 aliphatic rings. The molecular formula is C28H30N6O4S. The zero-order chi connectivity index (χ0) is 27.8. The number of pyridine rings is 2. The maximum Gasteiger partial charge on any atom is 0.251 e. The Morgan fingerprint density at radius 2 is 2.03 bits per heavy atom. The minimum absolute atomic E-state index is 0.00273. The molecule has 39 heavy (non-hydrogen) atoms. The van der Waals surface area contributed by atoms with Crippen molar-refractivity contribution in [1.29, 1.82) is 0 Å². The molecule has 4 heterocycles. The number of nitrogens with zero attached hydrogens (tertiary/aromatic N) is 3. The Balaban J connectivity index is 1.32. The van der Waals surface area contributed by atoms with Crippen molar-refractivity contribution >= 4 is 38.3 Å². The molecule has 11 heteroatoms. The lowest BCUT2D eigenvalue weighted by Crippen LogP contribution is -2.62. The molecule has 0 spiro atoms. The number of piperazine rings is 1. The summed E-state index contributed by atoms with van der Waals surface area (Å²) in [5.74, 6) is -0.388. The van der Waals surface area contributed by atoms with E-state index in [1.54, 1.807) is 25.3 Å². The quantitative estimate of drug-likeness (QED) is 0.427. The molecule has 202 valence electrons. The SMILES string of the molecule is Cc1ccc(C(=O)NCc2cc3nc(C4=CC=CC(C)(N5CCNC(=O)C5)N4)ccc3cn2)cc1S(C)(=O)=O. The summed E-state index contributed by atoms with van der Waals surface area (Å²) in [4.78, 5) is 36.2. The van der Waals surface area contributed by atoms with Crippen molar-refractivity contribution in [2.45, 2.75) is 31.0 Å². The standard InChI is InChI=1S/C28H30N6O4S/c1-18-6-7-19(13-25(18)39(3,37)38)27(36)31-16-21-14-24-20(15-30-21)8-9-22(32-24)23-5-4-10-28(2,33-23)34-12-11-29-26(35)17-34/h4-10,13-15,33H,11-12,16-17H2,1-3H3,(H,29,35)(H,31,36). The first-order valence-corrected chi connectivity index (χ1v) is 14.5. The van der Waals surface area contributed by atoms with Crippen LogP contribution in [0.4, 0.5) is 0 Å². The summed E-state index contributed by atoms with van der Waals surface area (Å²) < 4.78 is 24.0. The van der Waals surface area contributed by atoms with E-state index < -0.39 is 21.4 Å². The van der Waals surface area contributed by atoms with Gasteiger partial charge >= 0.3 is 0 Å². The number of hydrogen-bond donors (Lipinski definition) is 3. The van der Waals surface area contributed by atoms with Crippen molar-refractivity contribution < 1.29 is 18.0 Å². The predicted molar refractivity (Wildman–Crippen MR) is 148 cm³/mol. The number of nitrogens with one attached hydrogen (secondary N) is 3. The first kappa shape index (κ1) is 26.5. The number of hydrogen-bond acceptors (Lipinski definition) is 8. The maximum absolute atomic E-state index is 12.7. The topological polar surface area (TPSA) is 133 Å². The molecule has 10 nitrogen and oxygen atoms in total. The van der Waals surface area contributed by atoms with E-state index in [0.717, 1.165) is 35.1 Å². The number of benzene rings is 1. The van der Waals surface area contributed by atoms with Crippen LogP contribution in [-0.4, -0.2) is 66.7 Å². The fourth-order valence-corrected chi connectivity index (χ4v) is 5.77. The maximum atomic E-state index is 12.7. The molecule has 2 amide bonds. The minimum atomic E-state index is -3.45. The molecule has 0 bridgehead atoms. The summed E-state index contributed by atoms with van der Waals surface area (Å²) >= 11 is 0. The third-order valence-electron chi connectivity index (χ3n) is 6.95. The van der Waals surface area contributed by atoms with Gasteiger partial charge in [-0.15, -0.1) is 0 Å². The minimum Gasteiger partial charge on any atom is -0.362 e. The number of sulfone groups is 1. The second-order valence-corrected chi connectivity index (χ2v) is 12.0. The molecular weight excluding hydrogens is 516 g/mol. The Labute approximate surface area is 227 Å². The van der Waals surface area contributed by atoms with Gasteiger partial charge in [-0.2, -0.15) is 0 Å². The Kier molecular flexibility index (Phi) is 6.96. The summed E-state index contributed by atoms with van der Waals surface area (Å²) in [7, 11) is -3.45. The van der Waals surface area contributed by atoms with E-state index in [2.05, 4.69) is 25.8 Å². The van der Waals surface area contributed by atoms with E-state index in [0.29, 0.717) is 24.3 Å². The van der Waals surface area contributed by atoms with E-state index >= 15 is 0 Å². The van der Waals surface area contributed by atoms with Crippen LogP contribution in [0.5, 0.6) is 0 Å². The van der Waals surface area contributed by atoms with Gasteiger partial charge in [-0.25, -0.2) is 13.4 Å². The lowest BCUT2D eigenvalue weighted by Gasteiger charge is -2.43. The molecule has 0 aliphatic carbocycles. The van der Waals surface area contributed by atoms with Crippen LogP contribution in [0.2, 0.25) is 0 Å². The van der Waals surface area contributed by atoms with Crippen LogP contribution >= 0.6 is 0 Å². The summed E-state index contributed by atoms with van der Waals surface area (Å²) in [6.07, 6.45) is 8.79. The van der Waals surface area contributed by atoms with Gasteiger partial charge in [0.1, 0.15) is 5.66 Å². The number of amides is 2. The van der Waals surface area contributed by atoms with Crippen LogP contribution in [0.15, 0.2) is 65.7 Å². The third kappa shape index (κ3) is 5.69. The van der Waals surface area contributed by atoms with Gasteiger partial charge in [-0.1, -0.05) is 12.1 Å². The molecule has 5 rings (SSSR count). The second kappa shape index (κ2) is 10.2. The zero-order valence-electron chi connectivity index (χ0n) is 22.0. The van der Waals surface area contributed by atoms with Crippen LogP contribution in [-0.2, 0) is 21.2 Å². The van der Waals surface area contributed by atoms with Crippen molar-refractivity contribution in [1.82, 2.24) is 30.8 Å². The second-order valence-electron chi connectivity index (χ2n) is 9.98. The number of dihydropyridines is 1. The van der Waals surface area contributed by atoms with Gasteiger partial charge in [0.25, 0.3) is 5.91 Å². The Hall–Kier alpha value is -4.09. The normalized spacial score (nSPS) is 19.8. The molecule has 0 saturated carbocycles. The van der Waals surface area contributed by atoms with Crippen molar-refractivity contribution in [2.24, 2.45) is 0 Å². The van der Waals surface area contributed by atoms with Crippen molar-refractivity contribution in [3.63, 3.8) is 0 Å². The van der Waals surface area contributed by atoms with Gasteiger partial charge in [0.05, 0.1) is 40.6 Å². The molecule has 0 radical (unpaired) electrons. The van der Waals surface area contributed by atoms with Crippen molar-refractivity contribution in [3.05, 3.63) is 83.3 Å². The molecule has 3 N–H and O–H groups in total. The zero-order valence-corrected chi connectivity index (χ0v) is 22.8. The predicted octanol–water partition coefficient (Wildman–Crippen LogP) is 1.92. The largest absolute Gasteiger partial charge is 0.362 e. The Morgan fingerprint density at radius 1 is 1.21 bits per heavy atom. The first-order chi connectivity index (χ1) is 18.5. The number of aromatic nitrogens is 2. The highest BCUT2D eigenvalue weighted by Crippen LogP contribution is 2.25. The molecule has 2 aromatic heterocycles. The summed E-state index contributed by atoms with van der Waals surface area (Å²) in [5.41, 5.74) is 3.24. The summed E-state index contributed by atoms with van der Waals surface area (Å²) in [6.45, 7) is 5.53. The smallest absolute Gasteiger partial charge is 0.251 e. The number of fused-ring (bicyclic) bond motifs is 1. The highest BCUT2D eigenvalue weighted by Gasteiger charge is 2.34. The fourth-order valence-electron chi connectivity index (χ4n) is 4.78. The Morgan fingerprint density at radius 3 is 2.79 bits per heavy atom. The van der Waals surface area contributed by atoms with Gasteiger partial charge in [0.2, 0.25) is 5.91 Å². The van der Waals surface area contributed by atoms with E-state index in [9.17, 15) is 18.0 Å².